The van der Waals surface area contributed by atoms with E-state index in [1.165, 1.54) is 4.90 Å². The lowest BCUT2D eigenvalue weighted by Gasteiger charge is -2.30. The molecule has 7 heteroatoms. The molecule has 3 amide bonds. The number of amides is 3. The van der Waals surface area contributed by atoms with E-state index < -0.39 is 41.8 Å². The van der Waals surface area contributed by atoms with Gasteiger partial charge < -0.3 is 9.64 Å². The fourth-order valence-corrected chi connectivity index (χ4v) is 3.45. The maximum atomic E-state index is 13.2. The van der Waals surface area contributed by atoms with Gasteiger partial charge in [0.05, 0.1) is 11.1 Å². The Bertz CT molecular complexity index is 949. The largest absolute Gasteiger partial charge is 0.446 e. The van der Waals surface area contributed by atoms with Gasteiger partial charge in [-0.3, -0.25) is 19.3 Å². The molecule has 0 unspecified atom stereocenters. The van der Waals surface area contributed by atoms with Crippen LogP contribution in [0.15, 0.2) is 54.6 Å². The molecule has 2 aromatic rings. The highest BCUT2D eigenvalue weighted by Gasteiger charge is 2.45. The summed E-state index contributed by atoms with van der Waals surface area (Å²) in [5.41, 5.74) is 1.02. The van der Waals surface area contributed by atoms with Gasteiger partial charge in [0.15, 0.2) is 0 Å². The van der Waals surface area contributed by atoms with Gasteiger partial charge in [-0.1, -0.05) is 56.3 Å². The standard InChI is InChI=1S/C23H24N2O5/c1-14(2)18(25-20(26)16-12-8-9-13-17(16)21(25)27)23(29)30-19(22(28)24(3)4)15-10-6-5-7-11-15/h5-14,18-19H,1-4H3/t18-,19-/m1/s1. The number of carbonyl (C=O) groups is 4. The molecule has 0 radical (unpaired) electrons. The summed E-state index contributed by atoms with van der Waals surface area (Å²) < 4.78 is 5.61. The first kappa shape index (κ1) is 21.2. The third-order valence-corrected chi connectivity index (χ3v) is 4.98. The number of hydrogen-bond acceptors (Lipinski definition) is 5. The molecule has 0 aromatic heterocycles. The fraction of sp³-hybridized carbons (Fsp3) is 0.304. The van der Waals surface area contributed by atoms with Gasteiger partial charge in [-0.15, -0.1) is 0 Å². The van der Waals surface area contributed by atoms with E-state index in [0.717, 1.165) is 4.90 Å². The fourth-order valence-electron chi connectivity index (χ4n) is 3.45. The minimum absolute atomic E-state index is 0.255. The van der Waals surface area contributed by atoms with Gasteiger partial charge >= 0.3 is 5.97 Å². The van der Waals surface area contributed by atoms with Gasteiger partial charge in [-0.2, -0.15) is 0 Å². The van der Waals surface area contributed by atoms with Crippen molar-refractivity contribution in [2.75, 3.05) is 14.1 Å². The third kappa shape index (κ3) is 3.83. The molecular weight excluding hydrogens is 384 g/mol. The molecule has 2 atom stereocenters. The molecule has 0 saturated carbocycles. The van der Waals surface area contributed by atoms with Crippen molar-refractivity contribution in [3.8, 4) is 0 Å². The smallest absolute Gasteiger partial charge is 0.330 e. The maximum Gasteiger partial charge on any atom is 0.330 e. The summed E-state index contributed by atoms with van der Waals surface area (Å²) in [6.45, 7) is 3.45. The first-order valence-electron chi connectivity index (χ1n) is 9.67. The topological polar surface area (TPSA) is 84.0 Å². The van der Waals surface area contributed by atoms with E-state index in [-0.39, 0.29) is 11.1 Å². The Morgan fingerprint density at radius 1 is 0.867 bits per heavy atom. The quantitative estimate of drug-likeness (QED) is 0.542. The number of likely N-dealkylation sites (N-methyl/N-ethyl adjacent to an activating group) is 1. The van der Waals surface area contributed by atoms with Gasteiger partial charge in [0.1, 0.15) is 6.04 Å². The number of nitrogens with zero attached hydrogens (tertiary/aromatic N) is 2. The highest BCUT2D eigenvalue weighted by Crippen LogP contribution is 2.29. The van der Waals surface area contributed by atoms with E-state index in [2.05, 4.69) is 0 Å². The zero-order valence-corrected chi connectivity index (χ0v) is 17.4. The summed E-state index contributed by atoms with van der Waals surface area (Å²) in [4.78, 5) is 53.9. The summed E-state index contributed by atoms with van der Waals surface area (Å²) in [5.74, 6) is -2.71. The van der Waals surface area contributed by atoms with E-state index in [1.807, 2.05) is 0 Å². The number of benzene rings is 2. The second kappa shape index (κ2) is 8.49. The average Bonchev–Trinajstić information content (AvgIpc) is 2.97. The van der Waals surface area contributed by atoms with Crippen LogP contribution in [0, 0.1) is 5.92 Å². The van der Waals surface area contributed by atoms with Gasteiger partial charge in [-0.25, -0.2) is 4.79 Å². The lowest BCUT2D eigenvalue weighted by molar-refractivity contribution is -0.164. The van der Waals surface area contributed by atoms with Crippen molar-refractivity contribution in [1.29, 1.82) is 0 Å². The lowest BCUT2D eigenvalue weighted by atomic mass is 10.0. The molecular formula is C23H24N2O5. The summed E-state index contributed by atoms with van der Waals surface area (Å²) in [6.07, 6.45) is -1.18. The Labute approximate surface area is 175 Å². The predicted octanol–water partition coefficient (Wildman–Crippen LogP) is 2.68. The molecule has 2 aromatic carbocycles. The van der Waals surface area contributed by atoms with Crippen molar-refractivity contribution in [2.24, 2.45) is 5.92 Å². The Morgan fingerprint density at radius 3 is 1.83 bits per heavy atom. The van der Waals surface area contributed by atoms with Gasteiger partial charge in [0.2, 0.25) is 6.10 Å². The molecule has 0 aliphatic carbocycles. The van der Waals surface area contributed by atoms with Crippen LogP contribution in [-0.4, -0.2) is 53.6 Å². The summed E-state index contributed by atoms with van der Waals surface area (Å²) in [5, 5.41) is 0. The van der Waals surface area contributed by atoms with Crippen LogP contribution in [0.2, 0.25) is 0 Å². The molecule has 1 aliphatic heterocycles. The highest BCUT2D eigenvalue weighted by atomic mass is 16.6. The van der Waals surface area contributed by atoms with Crippen molar-refractivity contribution < 1.29 is 23.9 Å². The number of carbonyl (C=O) groups excluding carboxylic acids is 4. The SMILES string of the molecule is CC(C)[C@H](C(=O)O[C@@H](C(=O)N(C)C)c1ccccc1)N1C(=O)c2ccccc2C1=O. The van der Waals surface area contributed by atoms with E-state index in [0.29, 0.717) is 5.56 Å². The van der Waals surface area contributed by atoms with Gasteiger partial charge in [0, 0.05) is 19.7 Å². The van der Waals surface area contributed by atoms with Crippen molar-refractivity contribution in [2.45, 2.75) is 26.0 Å². The Balaban J connectivity index is 1.93. The molecule has 0 spiro atoms. The zero-order chi connectivity index (χ0) is 22.0. The molecule has 1 aliphatic rings. The number of imide groups is 1. The van der Waals surface area contributed by atoms with Crippen LogP contribution in [0.5, 0.6) is 0 Å². The summed E-state index contributed by atoms with van der Waals surface area (Å²) >= 11 is 0. The molecule has 0 saturated heterocycles. The molecule has 0 N–H and O–H groups in total. The number of hydrogen-bond donors (Lipinski definition) is 0. The Hall–Kier alpha value is -3.48. The molecule has 156 valence electrons. The van der Waals surface area contributed by atoms with Crippen LogP contribution in [0.25, 0.3) is 0 Å². The first-order valence-corrected chi connectivity index (χ1v) is 9.67. The molecule has 0 bridgehead atoms. The van der Waals surface area contributed by atoms with E-state index >= 15 is 0 Å². The van der Waals surface area contributed by atoms with Gasteiger partial charge in [0.25, 0.3) is 17.7 Å². The maximum absolute atomic E-state index is 13.2. The van der Waals surface area contributed by atoms with E-state index in [9.17, 15) is 19.2 Å². The van der Waals surface area contributed by atoms with Crippen LogP contribution in [0.1, 0.15) is 46.2 Å². The van der Waals surface area contributed by atoms with E-state index in [1.54, 1.807) is 82.5 Å². The molecule has 30 heavy (non-hydrogen) atoms. The van der Waals surface area contributed by atoms with Crippen molar-refractivity contribution in [3.05, 3.63) is 71.3 Å². The van der Waals surface area contributed by atoms with Crippen molar-refractivity contribution in [3.63, 3.8) is 0 Å². The lowest BCUT2D eigenvalue weighted by Crippen LogP contribution is -2.49. The van der Waals surface area contributed by atoms with Crippen LogP contribution >= 0.6 is 0 Å². The average molecular weight is 408 g/mol. The van der Waals surface area contributed by atoms with Crippen LogP contribution in [0.4, 0.5) is 0 Å². The molecule has 1 heterocycles. The highest BCUT2D eigenvalue weighted by molar-refractivity contribution is 6.22. The van der Waals surface area contributed by atoms with Gasteiger partial charge in [-0.05, 0) is 18.1 Å². The number of esters is 1. The normalized spacial score (nSPS) is 15.0. The van der Waals surface area contributed by atoms with Crippen LogP contribution in [0.3, 0.4) is 0 Å². The summed E-state index contributed by atoms with van der Waals surface area (Å²) in [6, 6.07) is 13.9. The third-order valence-electron chi connectivity index (χ3n) is 4.98. The molecule has 0 fully saturated rings. The van der Waals surface area contributed by atoms with Crippen molar-refractivity contribution in [1.82, 2.24) is 9.80 Å². The minimum atomic E-state index is -1.18. The minimum Gasteiger partial charge on any atom is -0.446 e. The second-order valence-electron chi connectivity index (χ2n) is 7.68. The number of ether oxygens (including phenoxy) is 1. The van der Waals surface area contributed by atoms with Crippen LogP contribution in [-0.2, 0) is 14.3 Å². The Morgan fingerprint density at radius 2 is 1.37 bits per heavy atom. The predicted molar refractivity (Wildman–Crippen MR) is 110 cm³/mol. The molecule has 3 rings (SSSR count). The molecule has 7 nitrogen and oxygen atoms in total. The first-order chi connectivity index (χ1) is 14.2. The number of rotatable bonds is 6. The van der Waals surface area contributed by atoms with E-state index in [4.69, 9.17) is 4.74 Å². The summed E-state index contributed by atoms with van der Waals surface area (Å²) in [7, 11) is 3.13. The second-order valence-corrected chi connectivity index (χ2v) is 7.68. The zero-order valence-electron chi connectivity index (χ0n) is 17.4. The van der Waals surface area contributed by atoms with Crippen molar-refractivity contribution >= 4 is 23.7 Å². The Kier molecular flexibility index (Phi) is 6.01. The monoisotopic (exact) mass is 408 g/mol. The van der Waals surface area contributed by atoms with Crippen LogP contribution < -0.4 is 0 Å². The number of fused-ring (bicyclic) bond motifs is 1.